The molecular weight excluding hydrogens is 269 g/mol. The van der Waals surface area contributed by atoms with Crippen molar-refractivity contribution in [2.75, 3.05) is 14.2 Å². The molecule has 0 radical (unpaired) electrons. The van der Waals surface area contributed by atoms with Crippen LogP contribution in [0.3, 0.4) is 0 Å². The molecule has 6 heteroatoms. The van der Waals surface area contributed by atoms with Gasteiger partial charge in [0.2, 0.25) is 0 Å². The van der Waals surface area contributed by atoms with Gasteiger partial charge >= 0.3 is 0 Å². The summed E-state index contributed by atoms with van der Waals surface area (Å²) in [6.45, 7) is 0. The molecule has 1 unspecified atom stereocenters. The summed E-state index contributed by atoms with van der Waals surface area (Å²) in [6.07, 6.45) is 1.59. The highest BCUT2D eigenvalue weighted by atomic mass is 35.5. The minimum Gasteiger partial charge on any atom is -0.494 e. The van der Waals surface area contributed by atoms with Crippen molar-refractivity contribution in [1.82, 2.24) is 15.1 Å². The van der Waals surface area contributed by atoms with Gasteiger partial charge in [0.05, 0.1) is 30.1 Å². The second-order valence-electron chi connectivity index (χ2n) is 4.12. The highest BCUT2D eigenvalue weighted by Crippen LogP contribution is 2.30. The zero-order chi connectivity index (χ0) is 14.0. The van der Waals surface area contributed by atoms with Gasteiger partial charge in [0.25, 0.3) is 0 Å². The second kappa shape index (κ2) is 5.59. The Hall–Kier alpha value is -1.59. The van der Waals surface area contributed by atoms with Gasteiger partial charge in [0.15, 0.2) is 11.6 Å². The first-order valence-electron chi connectivity index (χ1n) is 5.76. The van der Waals surface area contributed by atoms with Crippen LogP contribution in [0.25, 0.3) is 0 Å². The lowest BCUT2D eigenvalue weighted by Crippen LogP contribution is -2.21. The summed E-state index contributed by atoms with van der Waals surface area (Å²) in [5, 5.41) is 7.82. The predicted molar refractivity (Wildman–Crippen MR) is 72.1 cm³/mol. The fourth-order valence-corrected chi connectivity index (χ4v) is 2.34. The molecule has 19 heavy (non-hydrogen) atoms. The zero-order valence-corrected chi connectivity index (χ0v) is 11.7. The van der Waals surface area contributed by atoms with E-state index in [1.165, 1.54) is 13.2 Å². The highest BCUT2D eigenvalue weighted by Gasteiger charge is 2.20. The van der Waals surface area contributed by atoms with Crippen molar-refractivity contribution in [2.24, 2.45) is 7.05 Å². The third-order valence-corrected chi connectivity index (χ3v) is 3.30. The summed E-state index contributed by atoms with van der Waals surface area (Å²) in [5.41, 5.74) is 1.67. The van der Waals surface area contributed by atoms with E-state index < -0.39 is 5.82 Å². The maximum Gasteiger partial charge on any atom is 0.165 e. The van der Waals surface area contributed by atoms with Crippen molar-refractivity contribution in [3.63, 3.8) is 0 Å². The van der Waals surface area contributed by atoms with Crippen molar-refractivity contribution in [3.8, 4) is 5.75 Å². The maximum atomic E-state index is 13.4. The number of methoxy groups -OCH3 is 1. The first-order chi connectivity index (χ1) is 9.08. The molecular formula is C13H15ClFN3O. The molecule has 1 aromatic heterocycles. The molecule has 1 heterocycles. The molecule has 4 nitrogen and oxygen atoms in total. The number of aryl methyl sites for hydroxylation is 1. The van der Waals surface area contributed by atoms with Crippen LogP contribution < -0.4 is 10.1 Å². The van der Waals surface area contributed by atoms with Crippen LogP contribution in [-0.4, -0.2) is 23.9 Å². The quantitative estimate of drug-likeness (QED) is 0.937. The molecule has 0 bridgehead atoms. The fraction of sp³-hybridized carbons (Fsp3) is 0.308. The lowest BCUT2D eigenvalue weighted by atomic mass is 10.0. The van der Waals surface area contributed by atoms with Crippen LogP contribution >= 0.6 is 11.6 Å². The standard InChI is InChI=1S/C13H15ClFN3O/c1-16-12(13-9(14)7-17-18(13)2)8-4-5-10(15)11(6-8)19-3/h4-7,12,16H,1-3H3. The van der Waals surface area contributed by atoms with Crippen LogP contribution in [0.15, 0.2) is 24.4 Å². The minimum absolute atomic E-state index is 0.186. The van der Waals surface area contributed by atoms with Crippen molar-refractivity contribution in [1.29, 1.82) is 0 Å². The van der Waals surface area contributed by atoms with E-state index in [1.807, 2.05) is 14.1 Å². The first kappa shape index (κ1) is 13.8. The highest BCUT2D eigenvalue weighted by molar-refractivity contribution is 6.31. The number of aromatic nitrogens is 2. The third-order valence-electron chi connectivity index (χ3n) is 3.01. The molecule has 1 N–H and O–H groups in total. The number of hydrogen-bond acceptors (Lipinski definition) is 3. The molecule has 1 aromatic carbocycles. The topological polar surface area (TPSA) is 39.1 Å². The predicted octanol–water partition coefficient (Wildman–Crippen LogP) is 2.53. The van der Waals surface area contributed by atoms with Crippen molar-refractivity contribution < 1.29 is 9.13 Å². The van der Waals surface area contributed by atoms with Gasteiger partial charge in [-0.05, 0) is 24.7 Å². The second-order valence-corrected chi connectivity index (χ2v) is 4.52. The van der Waals surface area contributed by atoms with Crippen LogP contribution in [0.2, 0.25) is 5.02 Å². The Morgan fingerprint density at radius 3 is 2.74 bits per heavy atom. The Balaban J connectivity index is 2.48. The Bertz CT molecular complexity index is 566. The van der Waals surface area contributed by atoms with Gasteiger partial charge in [0, 0.05) is 7.05 Å². The van der Waals surface area contributed by atoms with Crippen LogP contribution in [-0.2, 0) is 7.05 Å². The van der Waals surface area contributed by atoms with Crippen molar-refractivity contribution >= 4 is 11.6 Å². The zero-order valence-electron chi connectivity index (χ0n) is 10.9. The van der Waals surface area contributed by atoms with E-state index in [-0.39, 0.29) is 11.8 Å². The molecule has 102 valence electrons. The van der Waals surface area contributed by atoms with Gasteiger partial charge < -0.3 is 10.1 Å². The van der Waals surface area contributed by atoms with Crippen LogP contribution in [0, 0.1) is 5.82 Å². The summed E-state index contributed by atoms with van der Waals surface area (Å²) in [7, 11) is 5.06. The molecule has 0 aliphatic carbocycles. The number of halogens is 2. The summed E-state index contributed by atoms with van der Waals surface area (Å²) in [6, 6.07) is 4.54. The monoisotopic (exact) mass is 283 g/mol. The smallest absolute Gasteiger partial charge is 0.165 e. The molecule has 0 spiro atoms. The van der Waals surface area contributed by atoms with Crippen molar-refractivity contribution in [3.05, 3.63) is 46.5 Å². The Kier molecular flexibility index (Phi) is 4.07. The molecule has 0 saturated heterocycles. The molecule has 2 aromatic rings. The number of nitrogens with zero attached hydrogens (tertiary/aromatic N) is 2. The fourth-order valence-electron chi connectivity index (χ4n) is 2.06. The molecule has 2 rings (SSSR count). The van der Waals surface area contributed by atoms with E-state index in [0.717, 1.165) is 11.3 Å². The number of hydrogen-bond donors (Lipinski definition) is 1. The van der Waals surface area contributed by atoms with Gasteiger partial charge in [-0.25, -0.2) is 4.39 Å². The largest absolute Gasteiger partial charge is 0.494 e. The van der Waals surface area contributed by atoms with Gasteiger partial charge in [-0.3, -0.25) is 4.68 Å². The van der Waals surface area contributed by atoms with Gasteiger partial charge in [-0.1, -0.05) is 17.7 Å². The molecule has 0 amide bonds. The first-order valence-corrected chi connectivity index (χ1v) is 6.14. The van der Waals surface area contributed by atoms with Gasteiger partial charge in [0.1, 0.15) is 0 Å². The maximum absolute atomic E-state index is 13.4. The lowest BCUT2D eigenvalue weighted by molar-refractivity contribution is 0.385. The SMILES string of the molecule is CNC(c1ccc(F)c(OC)c1)c1c(Cl)cnn1C. The van der Waals surface area contributed by atoms with E-state index in [4.69, 9.17) is 16.3 Å². The Labute approximate surface area is 116 Å². The average Bonchev–Trinajstić information content (AvgIpc) is 2.73. The Morgan fingerprint density at radius 1 is 1.47 bits per heavy atom. The summed E-state index contributed by atoms with van der Waals surface area (Å²) < 4.78 is 20.1. The molecule has 0 aliphatic heterocycles. The van der Waals surface area contributed by atoms with Gasteiger partial charge in [-0.2, -0.15) is 5.10 Å². The molecule has 0 aliphatic rings. The van der Waals surface area contributed by atoms with E-state index in [0.29, 0.717) is 5.02 Å². The average molecular weight is 284 g/mol. The summed E-state index contributed by atoms with van der Waals surface area (Å²) in [4.78, 5) is 0. The number of nitrogens with one attached hydrogen (secondary N) is 1. The van der Waals surface area contributed by atoms with E-state index in [1.54, 1.807) is 23.0 Å². The van der Waals surface area contributed by atoms with Gasteiger partial charge in [-0.15, -0.1) is 0 Å². The third kappa shape index (κ3) is 2.57. The number of rotatable bonds is 4. The Morgan fingerprint density at radius 2 is 2.21 bits per heavy atom. The summed E-state index contributed by atoms with van der Waals surface area (Å²) in [5.74, 6) is -0.187. The molecule has 1 atom stereocenters. The molecule has 0 saturated carbocycles. The van der Waals surface area contributed by atoms with Crippen LogP contribution in [0.4, 0.5) is 4.39 Å². The lowest BCUT2D eigenvalue weighted by Gasteiger charge is -2.18. The normalized spacial score (nSPS) is 12.5. The van der Waals surface area contributed by atoms with E-state index >= 15 is 0 Å². The van der Waals surface area contributed by atoms with Crippen molar-refractivity contribution in [2.45, 2.75) is 6.04 Å². The summed E-state index contributed by atoms with van der Waals surface area (Å²) >= 11 is 6.14. The van der Waals surface area contributed by atoms with Crippen LogP contribution in [0.1, 0.15) is 17.3 Å². The number of ether oxygens (including phenoxy) is 1. The molecule has 0 fully saturated rings. The van der Waals surface area contributed by atoms with E-state index in [2.05, 4.69) is 10.4 Å². The van der Waals surface area contributed by atoms with Crippen LogP contribution in [0.5, 0.6) is 5.75 Å². The number of benzene rings is 1. The minimum atomic E-state index is -0.391. The van der Waals surface area contributed by atoms with E-state index in [9.17, 15) is 4.39 Å².